The minimum Gasteiger partial charge on any atom is -0.445 e. The van der Waals surface area contributed by atoms with Gasteiger partial charge in [-0.05, 0) is 25.8 Å². The summed E-state index contributed by atoms with van der Waals surface area (Å²) in [5, 5.41) is 0. The van der Waals surface area contributed by atoms with Crippen molar-refractivity contribution in [2.45, 2.75) is 39.2 Å². The van der Waals surface area contributed by atoms with Gasteiger partial charge in [0.05, 0.1) is 31.3 Å². The molecule has 1 amide bonds. The molecular formula is C20H33NO7S. The van der Waals surface area contributed by atoms with Gasteiger partial charge in [0, 0.05) is 20.2 Å². The summed E-state index contributed by atoms with van der Waals surface area (Å²) in [6, 6.07) is 9.11. The molecule has 1 aromatic rings. The van der Waals surface area contributed by atoms with E-state index in [4.69, 9.17) is 18.9 Å². The Labute approximate surface area is 174 Å². The number of nitrogens with zero attached hydrogens (tertiary/aromatic N) is 1. The quantitative estimate of drug-likeness (QED) is 0.330. The van der Waals surface area contributed by atoms with E-state index in [1.807, 2.05) is 30.3 Å². The monoisotopic (exact) mass is 431 g/mol. The summed E-state index contributed by atoms with van der Waals surface area (Å²) in [6.45, 7) is 4.48. The highest BCUT2D eigenvalue weighted by molar-refractivity contribution is 7.91. The third-order valence-corrected chi connectivity index (χ3v) is 6.10. The molecule has 0 fully saturated rings. The molecule has 2 unspecified atom stereocenters. The average molecular weight is 432 g/mol. The van der Waals surface area contributed by atoms with E-state index in [1.165, 1.54) is 4.90 Å². The SMILES string of the molecule is COC(C)OCCOCCS(=O)(=O)CCC(C)N(C)C(=O)OCc1ccccc1. The molecule has 8 nitrogen and oxygen atoms in total. The fraction of sp³-hybridized carbons (Fsp3) is 0.650. The van der Waals surface area contributed by atoms with E-state index in [9.17, 15) is 13.2 Å². The minimum absolute atomic E-state index is 0.0228. The van der Waals surface area contributed by atoms with Crippen LogP contribution in [0, 0.1) is 0 Å². The average Bonchev–Trinajstić information content (AvgIpc) is 2.72. The zero-order chi connectivity index (χ0) is 21.7. The third-order valence-electron chi connectivity index (χ3n) is 4.45. The number of sulfone groups is 1. The number of hydrogen-bond acceptors (Lipinski definition) is 7. The molecule has 0 aliphatic rings. The minimum atomic E-state index is -3.27. The first kappa shape index (κ1) is 25.4. The Morgan fingerprint density at radius 3 is 2.41 bits per heavy atom. The molecule has 9 heteroatoms. The van der Waals surface area contributed by atoms with Crippen LogP contribution in [-0.4, -0.2) is 77.2 Å². The van der Waals surface area contributed by atoms with Crippen LogP contribution >= 0.6 is 0 Å². The van der Waals surface area contributed by atoms with Crippen molar-refractivity contribution in [3.8, 4) is 0 Å². The highest BCUT2D eigenvalue weighted by Crippen LogP contribution is 2.08. The topological polar surface area (TPSA) is 91.4 Å². The molecule has 29 heavy (non-hydrogen) atoms. The number of amides is 1. The fourth-order valence-corrected chi connectivity index (χ4v) is 3.55. The molecule has 0 bridgehead atoms. The van der Waals surface area contributed by atoms with Crippen molar-refractivity contribution in [3.05, 3.63) is 35.9 Å². The van der Waals surface area contributed by atoms with E-state index < -0.39 is 15.9 Å². The summed E-state index contributed by atoms with van der Waals surface area (Å²) in [7, 11) is -0.122. The predicted octanol–water partition coefficient (Wildman–Crippen LogP) is 2.47. The Bertz CT molecular complexity index is 681. The van der Waals surface area contributed by atoms with Crippen LogP contribution in [0.4, 0.5) is 4.79 Å². The number of hydrogen-bond donors (Lipinski definition) is 0. The van der Waals surface area contributed by atoms with Crippen molar-refractivity contribution in [2.24, 2.45) is 0 Å². The molecule has 1 aromatic carbocycles. The molecule has 0 N–H and O–H groups in total. The van der Waals surface area contributed by atoms with E-state index in [0.717, 1.165) is 5.56 Å². The normalized spacial score (nSPS) is 13.7. The lowest BCUT2D eigenvalue weighted by Crippen LogP contribution is -2.36. The van der Waals surface area contributed by atoms with Crippen molar-refractivity contribution >= 4 is 15.9 Å². The van der Waals surface area contributed by atoms with E-state index in [2.05, 4.69) is 0 Å². The first-order chi connectivity index (χ1) is 13.7. The molecule has 0 saturated carbocycles. The summed E-state index contributed by atoms with van der Waals surface area (Å²) >= 11 is 0. The molecule has 0 heterocycles. The van der Waals surface area contributed by atoms with Gasteiger partial charge >= 0.3 is 6.09 Å². The summed E-state index contributed by atoms with van der Waals surface area (Å²) < 4.78 is 45.1. The standard InChI is InChI=1S/C20H33NO7S/c1-17(21(3)20(22)28-16-19-8-6-5-7-9-19)10-14-29(23,24)15-13-26-11-12-27-18(2)25-4/h5-9,17-18H,10-16H2,1-4H3. The van der Waals surface area contributed by atoms with Crippen molar-refractivity contribution in [1.29, 1.82) is 0 Å². The summed E-state index contributed by atoms with van der Waals surface area (Å²) in [4.78, 5) is 13.6. The number of ether oxygens (including phenoxy) is 4. The Morgan fingerprint density at radius 2 is 1.76 bits per heavy atom. The number of carbonyl (C=O) groups excluding carboxylic acids is 1. The highest BCUT2D eigenvalue weighted by atomic mass is 32.2. The molecular weight excluding hydrogens is 398 g/mol. The molecule has 0 radical (unpaired) electrons. The zero-order valence-corrected chi connectivity index (χ0v) is 18.5. The van der Waals surface area contributed by atoms with Crippen LogP contribution in [0.15, 0.2) is 30.3 Å². The molecule has 2 atom stereocenters. The van der Waals surface area contributed by atoms with Gasteiger partial charge in [-0.1, -0.05) is 30.3 Å². The first-order valence-corrected chi connectivity index (χ1v) is 11.4. The van der Waals surface area contributed by atoms with Gasteiger partial charge in [0.2, 0.25) is 0 Å². The van der Waals surface area contributed by atoms with Gasteiger partial charge in [-0.25, -0.2) is 13.2 Å². The van der Waals surface area contributed by atoms with Crippen LogP contribution in [0.5, 0.6) is 0 Å². The van der Waals surface area contributed by atoms with Gasteiger partial charge < -0.3 is 23.8 Å². The second-order valence-corrected chi connectivity index (χ2v) is 9.03. The Hall–Kier alpha value is -1.68. The fourth-order valence-electron chi connectivity index (χ4n) is 2.28. The van der Waals surface area contributed by atoms with Crippen LogP contribution in [0.3, 0.4) is 0 Å². The molecule has 0 spiro atoms. The van der Waals surface area contributed by atoms with Crippen LogP contribution < -0.4 is 0 Å². The van der Waals surface area contributed by atoms with Crippen LogP contribution in [0.25, 0.3) is 0 Å². The molecule has 0 aliphatic heterocycles. The lowest BCUT2D eigenvalue weighted by Gasteiger charge is -2.24. The number of carbonyl (C=O) groups is 1. The van der Waals surface area contributed by atoms with E-state index in [-0.39, 0.29) is 37.1 Å². The highest BCUT2D eigenvalue weighted by Gasteiger charge is 2.20. The van der Waals surface area contributed by atoms with Crippen molar-refractivity contribution in [1.82, 2.24) is 4.90 Å². The lowest BCUT2D eigenvalue weighted by atomic mass is 10.2. The molecule has 0 aromatic heterocycles. The number of rotatable bonds is 14. The molecule has 1 rings (SSSR count). The third kappa shape index (κ3) is 11.2. The number of benzene rings is 1. The summed E-state index contributed by atoms with van der Waals surface area (Å²) in [5.41, 5.74) is 0.895. The number of methoxy groups -OCH3 is 1. The van der Waals surface area contributed by atoms with Gasteiger partial charge in [-0.3, -0.25) is 0 Å². The first-order valence-electron chi connectivity index (χ1n) is 9.61. The van der Waals surface area contributed by atoms with Gasteiger partial charge in [0.15, 0.2) is 16.1 Å². The van der Waals surface area contributed by atoms with E-state index >= 15 is 0 Å². The predicted molar refractivity (Wildman–Crippen MR) is 110 cm³/mol. The maximum Gasteiger partial charge on any atom is 0.410 e. The summed E-state index contributed by atoms with van der Waals surface area (Å²) in [6.07, 6.45) is -0.471. The van der Waals surface area contributed by atoms with Crippen LogP contribution in [0.1, 0.15) is 25.8 Å². The van der Waals surface area contributed by atoms with Gasteiger partial charge in [-0.2, -0.15) is 0 Å². The van der Waals surface area contributed by atoms with Crippen LogP contribution in [-0.2, 0) is 35.4 Å². The maximum absolute atomic E-state index is 12.2. The Morgan fingerprint density at radius 1 is 1.07 bits per heavy atom. The Balaban J connectivity index is 2.24. The Kier molecular flexibility index (Phi) is 11.8. The van der Waals surface area contributed by atoms with Crippen molar-refractivity contribution in [2.75, 3.05) is 45.5 Å². The second-order valence-electron chi connectivity index (χ2n) is 6.73. The smallest absolute Gasteiger partial charge is 0.410 e. The summed E-state index contributed by atoms with van der Waals surface area (Å²) in [5.74, 6) is -0.0905. The van der Waals surface area contributed by atoms with Gasteiger partial charge in [0.1, 0.15) is 6.61 Å². The lowest BCUT2D eigenvalue weighted by molar-refractivity contribution is -0.121. The largest absolute Gasteiger partial charge is 0.445 e. The van der Waals surface area contributed by atoms with Crippen molar-refractivity contribution < 1.29 is 32.2 Å². The zero-order valence-electron chi connectivity index (χ0n) is 17.7. The van der Waals surface area contributed by atoms with E-state index in [0.29, 0.717) is 19.6 Å². The van der Waals surface area contributed by atoms with Gasteiger partial charge in [0.25, 0.3) is 0 Å². The second kappa shape index (κ2) is 13.5. The van der Waals surface area contributed by atoms with Crippen LogP contribution in [0.2, 0.25) is 0 Å². The molecule has 166 valence electrons. The van der Waals surface area contributed by atoms with Gasteiger partial charge in [-0.15, -0.1) is 0 Å². The van der Waals surface area contributed by atoms with E-state index in [1.54, 1.807) is 28.0 Å². The molecule has 0 aliphatic carbocycles. The maximum atomic E-state index is 12.2. The molecule has 0 saturated heterocycles. The van der Waals surface area contributed by atoms with Crippen molar-refractivity contribution in [3.63, 3.8) is 0 Å².